The monoisotopic (exact) mass is 377 g/mol. The van der Waals surface area contributed by atoms with Gasteiger partial charge in [0.25, 0.3) is 5.91 Å². The summed E-state index contributed by atoms with van der Waals surface area (Å²) in [5.41, 5.74) is 6.32. The third-order valence-corrected chi connectivity index (χ3v) is 6.07. The van der Waals surface area contributed by atoms with E-state index < -0.39 is 11.9 Å². The van der Waals surface area contributed by atoms with Crippen LogP contribution in [0.1, 0.15) is 61.9 Å². The van der Waals surface area contributed by atoms with E-state index >= 15 is 0 Å². The van der Waals surface area contributed by atoms with Crippen molar-refractivity contribution >= 4 is 11.9 Å². The first-order chi connectivity index (χ1) is 12.5. The Morgan fingerprint density at radius 3 is 2.44 bits per heavy atom. The Morgan fingerprint density at radius 2 is 1.96 bits per heavy atom. The third-order valence-electron chi connectivity index (χ3n) is 6.07. The van der Waals surface area contributed by atoms with E-state index in [4.69, 9.17) is 10.2 Å². The molecule has 1 aromatic rings. The van der Waals surface area contributed by atoms with Gasteiger partial charge in [-0.15, -0.1) is 0 Å². The molecule has 27 heavy (non-hydrogen) atoms. The largest absolute Gasteiger partial charge is 0.480 e. The fraction of sp³-hybridized carbons (Fsp3) is 0.700. The van der Waals surface area contributed by atoms with Crippen molar-refractivity contribution in [3.8, 4) is 0 Å². The molecule has 2 saturated heterocycles. The van der Waals surface area contributed by atoms with Crippen LogP contribution in [0.2, 0.25) is 0 Å². The summed E-state index contributed by atoms with van der Waals surface area (Å²) in [6, 6.07) is 1.41. The summed E-state index contributed by atoms with van der Waals surface area (Å²) in [6.45, 7) is 9.59. The second kappa shape index (κ2) is 6.95. The van der Waals surface area contributed by atoms with Crippen molar-refractivity contribution in [1.29, 1.82) is 0 Å². The number of rotatable bonds is 4. The molecule has 3 rings (SSSR count). The molecule has 3 heterocycles. The van der Waals surface area contributed by atoms with Gasteiger partial charge in [0.15, 0.2) is 5.76 Å². The minimum atomic E-state index is -0.719. The number of hydrogen-bond donors (Lipinski definition) is 2. The molecular weight excluding hydrogens is 346 g/mol. The SMILES string of the molecule is CN1CC2(CCN(Cc3cc(C(N)=O)oc3C(C)(C)C)CC2)CC1C(=O)O. The standard InChI is InChI=1S/C20H31N3O4/c1-19(2,3)16-13(9-15(27-16)17(21)24)11-23-7-5-20(6-8-23)10-14(18(25)26)22(4)12-20/h9,14H,5-8,10-12H2,1-4H3,(H2,21,24)(H,25,26). The Bertz CT molecular complexity index is 726. The van der Waals surface area contributed by atoms with E-state index in [0.29, 0.717) is 0 Å². The van der Waals surface area contributed by atoms with Crippen LogP contribution in [0, 0.1) is 5.41 Å². The van der Waals surface area contributed by atoms with Crippen LogP contribution in [0.25, 0.3) is 0 Å². The van der Waals surface area contributed by atoms with Gasteiger partial charge in [0.1, 0.15) is 11.8 Å². The zero-order chi connectivity index (χ0) is 20.0. The van der Waals surface area contributed by atoms with Gasteiger partial charge in [-0.2, -0.15) is 0 Å². The molecule has 0 saturated carbocycles. The summed E-state index contributed by atoms with van der Waals surface area (Å²) in [4.78, 5) is 27.3. The number of nitrogens with two attached hydrogens (primary N) is 1. The predicted molar refractivity (Wildman–Crippen MR) is 102 cm³/mol. The molecule has 0 aromatic carbocycles. The van der Waals surface area contributed by atoms with Crippen molar-refractivity contribution in [2.45, 2.75) is 58.0 Å². The summed E-state index contributed by atoms with van der Waals surface area (Å²) >= 11 is 0. The van der Waals surface area contributed by atoms with Gasteiger partial charge in [-0.3, -0.25) is 19.4 Å². The van der Waals surface area contributed by atoms with Crippen LogP contribution in [0.3, 0.4) is 0 Å². The van der Waals surface area contributed by atoms with Gasteiger partial charge in [0.05, 0.1) is 0 Å². The van der Waals surface area contributed by atoms with E-state index in [0.717, 1.165) is 56.8 Å². The highest BCUT2D eigenvalue weighted by molar-refractivity contribution is 5.90. The molecule has 150 valence electrons. The number of likely N-dealkylation sites (tertiary alicyclic amines) is 2. The number of primary amides is 1. The van der Waals surface area contributed by atoms with Gasteiger partial charge in [0, 0.05) is 24.1 Å². The zero-order valence-electron chi connectivity index (χ0n) is 16.7. The molecular formula is C20H31N3O4. The Hall–Kier alpha value is -1.86. The van der Waals surface area contributed by atoms with Crippen molar-refractivity contribution in [2.75, 3.05) is 26.7 Å². The number of nitrogens with zero attached hydrogens (tertiary/aromatic N) is 2. The number of amides is 1. The van der Waals surface area contributed by atoms with Crippen molar-refractivity contribution in [3.63, 3.8) is 0 Å². The normalized spacial score (nSPS) is 23.8. The second-order valence-corrected chi connectivity index (χ2v) is 9.33. The highest BCUT2D eigenvalue weighted by Crippen LogP contribution is 2.43. The van der Waals surface area contributed by atoms with Gasteiger partial charge in [-0.25, -0.2) is 0 Å². The van der Waals surface area contributed by atoms with Crippen LogP contribution in [0.5, 0.6) is 0 Å². The molecule has 2 fully saturated rings. The first-order valence-corrected chi connectivity index (χ1v) is 9.59. The van der Waals surface area contributed by atoms with E-state index in [2.05, 4.69) is 25.7 Å². The Kier molecular flexibility index (Phi) is 5.12. The van der Waals surface area contributed by atoms with E-state index in [1.54, 1.807) is 6.07 Å². The summed E-state index contributed by atoms with van der Waals surface area (Å²) in [6.07, 6.45) is 2.72. The smallest absolute Gasteiger partial charge is 0.320 e. The minimum absolute atomic E-state index is 0.107. The summed E-state index contributed by atoms with van der Waals surface area (Å²) in [5.74, 6) is -0.240. The lowest BCUT2D eigenvalue weighted by atomic mass is 9.76. The maximum absolute atomic E-state index is 11.5. The van der Waals surface area contributed by atoms with Gasteiger partial charge >= 0.3 is 5.97 Å². The number of piperidine rings is 1. The zero-order valence-corrected chi connectivity index (χ0v) is 16.7. The molecule has 2 aliphatic rings. The van der Waals surface area contributed by atoms with Crippen LogP contribution in [-0.4, -0.2) is 59.5 Å². The highest BCUT2D eigenvalue weighted by Gasteiger charge is 2.46. The number of aliphatic carboxylic acids is 1. The van der Waals surface area contributed by atoms with Crippen LogP contribution < -0.4 is 5.73 Å². The fourth-order valence-electron chi connectivity index (χ4n) is 4.64. The van der Waals surface area contributed by atoms with Gasteiger partial charge in [-0.1, -0.05) is 20.8 Å². The molecule has 3 N–H and O–H groups in total. The molecule has 7 heteroatoms. The summed E-state index contributed by atoms with van der Waals surface area (Å²) < 4.78 is 5.76. The van der Waals surface area contributed by atoms with Gasteiger partial charge in [0.2, 0.25) is 0 Å². The summed E-state index contributed by atoms with van der Waals surface area (Å²) in [7, 11) is 1.91. The maximum atomic E-state index is 11.5. The number of carbonyl (C=O) groups is 2. The number of likely N-dealkylation sites (N-methyl/N-ethyl adjacent to an activating group) is 1. The average Bonchev–Trinajstić information content (AvgIpc) is 3.12. The van der Waals surface area contributed by atoms with Crippen LogP contribution >= 0.6 is 0 Å². The quantitative estimate of drug-likeness (QED) is 0.833. The molecule has 7 nitrogen and oxygen atoms in total. The van der Waals surface area contributed by atoms with E-state index in [1.165, 1.54) is 0 Å². The molecule has 0 aliphatic carbocycles. The molecule has 1 unspecified atom stereocenters. The lowest BCUT2D eigenvalue weighted by Gasteiger charge is -2.39. The first-order valence-electron chi connectivity index (χ1n) is 9.59. The molecule has 0 bridgehead atoms. The summed E-state index contributed by atoms with van der Waals surface area (Å²) in [5, 5.41) is 9.40. The van der Waals surface area contributed by atoms with Crippen LogP contribution in [-0.2, 0) is 16.8 Å². The van der Waals surface area contributed by atoms with Crippen molar-refractivity contribution in [3.05, 3.63) is 23.2 Å². The number of carboxylic acid groups (broad SMARTS) is 1. The van der Waals surface area contributed by atoms with Crippen LogP contribution in [0.4, 0.5) is 0 Å². The molecule has 1 atom stereocenters. The van der Waals surface area contributed by atoms with Crippen molar-refractivity contribution < 1.29 is 19.1 Å². The lowest BCUT2D eigenvalue weighted by Crippen LogP contribution is -2.41. The predicted octanol–water partition coefficient (Wildman–Crippen LogP) is 2.05. The van der Waals surface area contributed by atoms with Gasteiger partial charge in [-0.05, 0) is 50.9 Å². The van der Waals surface area contributed by atoms with Crippen molar-refractivity contribution in [1.82, 2.24) is 9.80 Å². The molecule has 1 aromatic heterocycles. The molecule has 1 spiro atoms. The number of furan rings is 1. The topological polar surface area (TPSA) is 100 Å². The Labute approximate surface area is 160 Å². The average molecular weight is 377 g/mol. The Morgan fingerprint density at radius 1 is 1.33 bits per heavy atom. The van der Waals surface area contributed by atoms with Crippen molar-refractivity contribution in [2.24, 2.45) is 11.1 Å². The van der Waals surface area contributed by atoms with E-state index in [1.807, 2.05) is 11.9 Å². The third kappa shape index (κ3) is 4.04. The van der Waals surface area contributed by atoms with Crippen LogP contribution in [0.15, 0.2) is 10.5 Å². The maximum Gasteiger partial charge on any atom is 0.320 e. The molecule has 0 radical (unpaired) electrons. The van der Waals surface area contributed by atoms with E-state index in [9.17, 15) is 14.7 Å². The Balaban J connectivity index is 1.68. The molecule has 1 amide bonds. The molecule has 2 aliphatic heterocycles. The number of hydrogen-bond acceptors (Lipinski definition) is 5. The lowest BCUT2D eigenvalue weighted by molar-refractivity contribution is -0.141. The second-order valence-electron chi connectivity index (χ2n) is 9.33. The first kappa shape index (κ1) is 19.9. The fourth-order valence-corrected chi connectivity index (χ4v) is 4.64. The minimum Gasteiger partial charge on any atom is -0.480 e. The number of carbonyl (C=O) groups excluding carboxylic acids is 1. The van der Waals surface area contributed by atoms with Gasteiger partial charge < -0.3 is 15.3 Å². The highest BCUT2D eigenvalue weighted by atomic mass is 16.4. The van der Waals surface area contributed by atoms with E-state index in [-0.39, 0.29) is 22.6 Å². The number of carboxylic acids is 1.